The van der Waals surface area contributed by atoms with Gasteiger partial charge in [-0.2, -0.15) is 0 Å². The molecule has 19 heavy (non-hydrogen) atoms. The summed E-state index contributed by atoms with van der Waals surface area (Å²) in [4.78, 5) is 22.3. The molecule has 1 saturated carbocycles. The molecule has 2 nitrogen and oxygen atoms in total. The van der Waals surface area contributed by atoms with Crippen molar-refractivity contribution in [3.05, 3.63) is 0 Å². The first-order valence-electron chi connectivity index (χ1n) is 8.19. The Balaban J connectivity index is 1.89. The Labute approximate surface area is 118 Å². The Morgan fingerprint density at radius 2 is 1.53 bits per heavy atom. The van der Waals surface area contributed by atoms with Crippen LogP contribution in [0.1, 0.15) is 90.4 Å². The van der Waals surface area contributed by atoms with Crippen molar-refractivity contribution in [2.75, 3.05) is 0 Å². The average Bonchev–Trinajstić information content (AvgIpc) is 2.39. The summed E-state index contributed by atoms with van der Waals surface area (Å²) in [6.07, 6.45) is 14.7. The summed E-state index contributed by atoms with van der Waals surface area (Å²) in [5.41, 5.74) is 0. The van der Waals surface area contributed by atoms with Crippen LogP contribution in [0.15, 0.2) is 0 Å². The highest BCUT2D eigenvalue weighted by Crippen LogP contribution is 2.28. The third-order valence-electron chi connectivity index (χ3n) is 4.28. The van der Waals surface area contributed by atoms with Crippen LogP contribution in [0.3, 0.4) is 0 Å². The normalized spacial score (nSPS) is 16.5. The quantitative estimate of drug-likeness (QED) is 0.530. The van der Waals surface area contributed by atoms with Crippen LogP contribution in [0.5, 0.6) is 0 Å². The van der Waals surface area contributed by atoms with E-state index in [0.717, 1.165) is 25.2 Å². The van der Waals surface area contributed by atoms with Gasteiger partial charge < -0.3 is 4.79 Å². The fraction of sp³-hybridized carbons (Fsp3) is 0.882. The number of hydrogen-bond acceptors (Lipinski definition) is 2. The summed E-state index contributed by atoms with van der Waals surface area (Å²) in [5, 5.41) is 0. The van der Waals surface area contributed by atoms with Crippen molar-refractivity contribution in [2.24, 2.45) is 5.92 Å². The van der Waals surface area contributed by atoms with Crippen molar-refractivity contribution in [2.45, 2.75) is 90.4 Å². The molecule has 0 atom stereocenters. The van der Waals surface area contributed by atoms with Crippen LogP contribution in [0.2, 0.25) is 0 Å². The molecule has 0 amide bonds. The summed E-state index contributed by atoms with van der Waals surface area (Å²) in [7, 11) is 0. The number of ketones is 2. The molecule has 0 radical (unpaired) electrons. The van der Waals surface area contributed by atoms with E-state index in [-0.39, 0.29) is 5.78 Å². The minimum Gasteiger partial charge on any atom is -0.300 e. The molecular weight excluding hydrogens is 236 g/mol. The second kappa shape index (κ2) is 10.2. The van der Waals surface area contributed by atoms with Crippen molar-refractivity contribution < 1.29 is 9.59 Å². The minimum absolute atomic E-state index is 0.195. The third-order valence-corrected chi connectivity index (χ3v) is 4.28. The van der Waals surface area contributed by atoms with E-state index < -0.39 is 0 Å². The van der Waals surface area contributed by atoms with Gasteiger partial charge in [-0.05, 0) is 25.7 Å². The van der Waals surface area contributed by atoms with E-state index >= 15 is 0 Å². The molecule has 1 rings (SSSR count). The van der Waals surface area contributed by atoms with Gasteiger partial charge in [0, 0.05) is 19.3 Å². The molecule has 1 aliphatic rings. The van der Waals surface area contributed by atoms with Crippen LogP contribution < -0.4 is 0 Å². The van der Waals surface area contributed by atoms with Gasteiger partial charge in [-0.3, -0.25) is 4.79 Å². The first kappa shape index (κ1) is 16.4. The Bertz CT molecular complexity index is 264. The lowest BCUT2D eigenvalue weighted by Gasteiger charge is -2.21. The van der Waals surface area contributed by atoms with Gasteiger partial charge in [0.25, 0.3) is 0 Å². The zero-order valence-electron chi connectivity index (χ0n) is 12.6. The minimum atomic E-state index is 0.195. The zero-order valence-corrected chi connectivity index (χ0v) is 12.6. The van der Waals surface area contributed by atoms with Crippen LogP contribution in [-0.2, 0) is 9.59 Å². The van der Waals surface area contributed by atoms with Gasteiger partial charge in [0.15, 0.2) is 0 Å². The highest BCUT2D eigenvalue weighted by Gasteiger charge is 2.12. The first-order valence-corrected chi connectivity index (χ1v) is 8.19. The van der Waals surface area contributed by atoms with Gasteiger partial charge >= 0.3 is 0 Å². The number of rotatable bonds is 10. The maximum Gasteiger partial charge on any atom is 0.132 e. The van der Waals surface area contributed by atoms with Gasteiger partial charge in [0.05, 0.1) is 0 Å². The molecule has 2 heteroatoms. The van der Waals surface area contributed by atoms with Gasteiger partial charge in [0.1, 0.15) is 11.6 Å². The van der Waals surface area contributed by atoms with E-state index in [1.807, 2.05) is 0 Å². The van der Waals surface area contributed by atoms with Crippen molar-refractivity contribution in [3.63, 3.8) is 0 Å². The first-order chi connectivity index (χ1) is 9.18. The molecule has 0 aliphatic heterocycles. The highest BCUT2D eigenvalue weighted by molar-refractivity contribution is 5.80. The molecule has 110 valence electrons. The third kappa shape index (κ3) is 8.96. The van der Waals surface area contributed by atoms with E-state index in [1.54, 1.807) is 6.92 Å². The molecule has 0 spiro atoms. The van der Waals surface area contributed by atoms with Gasteiger partial charge in [0.2, 0.25) is 0 Å². The summed E-state index contributed by atoms with van der Waals surface area (Å²) in [6.45, 7) is 1.59. The largest absolute Gasteiger partial charge is 0.300 e. The molecule has 0 aromatic heterocycles. The molecule has 0 bridgehead atoms. The molecule has 0 unspecified atom stereocenters. The van der Waals surface area contributed by atoms with Crippen molar-refractivity contribution in [1.82, 2.24) is 0 Å². The predicted molar refractivity (Wildman–Crippen MR) is 79.2 cm³/mol. The molecule has 0 aromatic rings. The maximum atomic E-state index is 11.6. The predicted octanol–water partition coefficient (Wildman–Crippen LogP) is 4.85. The second-order valence-corrected chi connectivity index (χ2v) is 6.20. The molecule has 0 saturated heterocycles. The molecule has 0 aromatic carbocycles. The Hall–Kier alpha value is -0.660. The smallest absolute Gasteiger partial charge is 0.132 e. The van der Waals surface area contributed by atoms with Crippen LogP contribution in [-0.4, -0.2) is 11.6 Å². The van der Waals surface area contributed by atoms with E-state index in [9.17, 15) is 9.59 Å². The zero-order chi connectivity index (χ0) is 13.9. The highest BCUT2D eigenvalue weighted by atomic mass is 16.1. The number of unbranched alkanes of at least 4 members (excludes halogenated alkanes) is 2. The van der Waals surface area contributed by atoms with Gasteiger partial charge in [-0.15, -0.1) is 0 Å². The summed E-state index contributed by atoms with van der Waals surface area (Å²) < 4.78 is 0. The lowest BCUT2D eigenvalue weighted by atomic mass is 9.85. The second-order valence-electron chi connectivity index (χ2n) is 6.20. The Morgan fingerprint density at radius 1 is 0.842 bits per heavy atom. The summed E-state index contributed by atoms with van der Waals surface area (Å²) in [5.74, 6) is 1.51. The molecule has 0 heterocycles. The van der Waals surface area contributed by atoms with Crippen LogP contribution in [0, 0.1) is 5.92 Å². The lowest BCUT2D eigenvalue weighted by molar-refractivity contribution is -0.119. The van der Waals surface area contributed by atoms with Crippen LogP contribution in [0.4, 0.5) is 0 Å². The number of carbonyl (C=O) groups is 2. The van der Waals surface area contributed by atoms with E-state index in [4.69, 9.17) is 0 Å². The van der Waals surface area contributed by atoms with E-state index in [1.165, 1.54) is 51.4 Å². The number of hydrogen-bond donors (Lipinski definition) is 0. The fourth-order valence-electron chi connectivity index (χ4n) is 3.07. The fourth-order valence-corrected chi connectivity index (χ4v) is 3.07. The number of Topliss-reactive ketones (excluding diaryl/α,β-unsaturated/α-hetero) is 2. The molecular formula is C17H30O2. The summed E-state index contributed by atoms with van der Waals surface area (Å²) >= 11 is 0. The van der Waals surface area contributed by atoms with E-state index in [2.05, 4.69) is 0 Å². The Morgan fingerprint density at radius 3 is 2.21 bits per heavy atom. The van der Waals surface area contributed by atoms with Gasteiger partial charge in [-0.25, -0.2) is 0 Å². The van der Waals surface area contributed by atoms with Gasteiger partial charge in [-0.1, -0.05) is 51.4 Å². The molecule has 1 fully saturated rings. The maximum absolute atomic E-state index is 11.6. The summed E-state index contributed by atoms with van der Waals surface area (Å²) in [6, 6.07) is 0. The SMILES string of the molecule is CC(=O)CCCC(=O)CCCCCC1CCCCC1. The van der Waals surface area contributed by atoms with Crippen molar-refractivity contribution >= 4 is 11.6 Å². The van der Waals surface area contributed by atoms with E-state index in [0.29, 0.717) is 18.6 Å². The standard InChI is InChI=1S/C17H30O2/c1-15(18)9-8-14-17(19)13-7-3-6-12-16-10-4-2-5-11-16/h16H,2-14H2,1H3. The molecule has 0 N–H and O–H groups in total. The van der Waals surface area contributed by atoms with Crippen LogP contribution >= 0.6 is 0 Å². The Kier molecular flexibility index (Phi) is 8.77. The average molecular weight is 266 g/mol. The monoisotopic (exact) mass is 266 g/mol. The lowest BCUT2D eigenvalue weighted by Crippen LogP contribution is -2.06. The molecule has 1 aliphatic carbocycles. The van der Waals surface area contributed by atoms with Crippen LogP contribution in [0.25, 0.3) is 0 Å². The van der Waals surface area contributed by atoms with Crippen molar-refractivity contribution in [3.8, 4) is 0 Å². The van der Waals surface area contributed by atoms with Crippen molar-refractivity contribution in [1.29, 1.82) is 0 Å². The number of carbonyl (C=O) groups excluding carboxylic acids is 2. The topological polar surface area (TPSA) is 34.1 Å².